The Morgan fingerprint density at radius 2 is 2.14 bits per heavy atom. The maximum Gasteiger partial charge on any atom is 0.281 e. The molecule has 0 bridgehead atoms. The monoisotopic (exact) mass is 259 g/mol. The van der Waals surface area contributed by atoms with Gasteiger partial charge >= 0.3 is 0 Å². The second-order valence-corrected chi connectivity index (χ2v) is 6.79. The average Bonchev–Trinajstić information content (AvgIpc) is 1.99. The highest BCUT2D eigenvalue weighted by molar-refractivity contribution is 8.70. The highest BCUT2D eigenvalue weighted by Gasteiger charge is 2.43. The summed E-state index contributed by atoms with van der Waals surface area (Å²) in [5, 5.41) is 0. The summed E-state index contributed by atoms with van der Waals surface area (Å²) in [5.74, 6) is -1.23. The summed E-state index contributed by atoms with van der Waals surface area (Å²) in [6.07, 6.45) is -0.121. The molecule has 0 aliphatic carbocycles. The Hall–Kier alpha value is 0.0800. The van der Waals surface area contributed by atoms with Crippen molar-refractivity contribution >= 4 is 38.5 Å². The molecule has 0 fully saturated rings. The Labute approximate surface area is 92.4 Å². The number of carbonyl (C=O) groups excluding carboxylic acids is 1. The first-order chi connectivity index (χ1) is 6.15. The van der Waals surface area contributed by atoms with Crippen LogP contribution in [-0.2, 0) is 14.9 Å². The molecule has 0 heterocycles. The third-order valence-electron chi connectivity index (χ3n) is 2.10. The van der Waals surface area contributed by atoms with Gasteiger partial charge in [-0.05, 0) is 12.8 Å². The van der Waals surface area contributed by atoms with Gasteiger partial charge in [0.25, 0.3) is 10.1 Å². The van der Waals surface area contributed by atoms with Crippen LogP contribution in [0.25, 0.3) is 0 Å². The van der Waals surface area contributed by atoms with Gasteiger partial charge in [0.2, 0.25) is 5.91 Å². The molecule has 0 aliphatic rings. The van der Waals surface area contributed by atoms with E-state index in [-0.39, 0.29) is 6.42 Å². The molecule has 2 atom stereocenters. The molecule has 0 spiro atoms. The third-order valence-corrected chi connectivity index (χ3v) is 6.68. The summed E-state index contributed by atoms with van der Waals surface area (Å²) >= 11 is 3.78. The summed E-state index contributed by atoms with van der Waals surface area (Å²) in [4.78, 5) is 10.6. The van der Waals surface area contributed by atoms with E-state index in [0.717, 1.165) is 0 Å². The Morgan fingerprint density at radius 1 is 1.71 bits per heavy atom. The predicted octanol–water partition coefficient (Wildman–Crippen LogP) is 0.680. The van der Waals surface area contributed by atoms with Crippen LogP contribution in [0.3, 0.4) is 0 Å². The highest BCUT2D eigenvalue weighted by atomic mass is 33.1. The molecule has 8 heteroatoms. The van der Waals surface area contributed by atoms with Crippen molar-refractivity contribution in [2.24, 2.45) is 11.7 Å². The zero-order chi connectivity index (χ0) is 11.6. The van der Waals surface area contributed by atoms with E-state index in [9.17, 15) is 13.2 Å². The fraction of sp³-hybridized carbons (Fsp3) is 0.833. The van der Waals surface area contributed by atoms with Crippen LogP contribution in [0.15, 0.2) is 0 Å². The molecule has 0 aromatic rings. The van der Waals surface area contributed by atoms with E-state index in [0.29, 0.717) is 10.8 Å². The number of hydrogen-bond acceptors (Lipinski definition) is 5. The summed E-state index contributed by atoms with van der Waals surface area (Å²) < 4.78 is 29.5. The maximum atomic E-state index is 11.0. The zero-order valence-electron chi connectivity index (χ0n) is 7.80. The Morgan fingerprint density at radius 3 is 2.36 bits per heavy atom. The number of rotatable bonds is 5. The quantitative estimate of drug-likeness (QED) is 0.383. The van der Waals surface area contributed by atoms with Crippen molar-refractivity contribution in [1.29, 1.82) is 0 Å². The van der Waals surface area contributed by atoms with Crippen LogP contribution in [0.5, 0.6) is 0 Å². The molecule has 14 heavy (non-hydrogen) atoms. The minimum atomic E-state index is -4.28. The van der Waals surface area contributed by atoms with E-state index >= 15 is 0 Å². The summed E-state index contributed by atoms with van der Waals surface area (Å²) in [6, 6.07) is 0. The van der Waals surface area contributed by atoms with Gasteiger partial charge in [0.1, 0.15) is 0 Å². The topological polar surface area (TPSA) is 97.5 Å². The second kappa shape index (κ2) is 4.73. The number of nitrogens with two attached hydrogens (primary N) is 1. The summed E-state index contributed by atoms with van der Waals surface area (Å²) in [7, 11) is -3.60. The minimum Gasteiger partial charge on any atom is -0.370 e. The van der Waals surface area contributed by atoms with Crippen LogP contribution in [0.1, 0.15) is 20.3 Å². The smallest absolute Gasteiger partial charge is 0.281 e. The lowest BCUT2D eigenvalue weighted by Gasteiger charge is -2.28. The van der Waals surface area contributed by atoms with Gasteiger partial charge in [-0.2, -0.15) is 8.42 Å². The summed E-state index contributed by atoms with van der Waals surface area (Å²) in [6.45, 7) is 2.81. The first-order valence-corrected chi connectivity index (χ1v) is 7.04. The Kier molecular flexibility index (Phi) is 4.76. The summed E-state index contributed by atoms with van der Waals surface area (Å²) in [5.41, 5.74) is 4.94. The number of amides is 1. The van der Waals surface area contributed by atoms with Gasteiger partial charge in [-0.25, -0.2) is 0 Å². The molecular weight excluding hydrogens is 246 g/mol. The Balaban J connectivity index is 4.97. The van der Waals surface area contributed by atoms with Crippen LogP contribution in [0, 0.1) is 5.92 Å². The zero-order valence-corrected chi connectivity index (χ0v) is 10.3. The van der Waals surface area contributed by atoms with Gasteiger partial charge in [-0.15, -0.1) is 11.7 Å². The number of carbonyl (C=O) groups is 1. The van der Waals surface area contributed by atoms with Crippen LogP contribution in [-0.4, -0.2) is 23.0 Å². The standard InChI is InChI=1S/C6H13NO4S3/c1-4(3-5(7)8)6(2,13-12)14(9,10)11/h4,12H,3H2,1-2H3,(H2,7,8)(H,9,10,11). The van der Waals surface area contributed by atoms with Crippen LogP contribution < -0.4 is 5.73 Å². The number of hydrogen-bond donors (Lipinski definition) is 3. The van der Waals surface area contributed by atoms with E-state index in [1.807, 2.05) is 0 Å². The molecule has 0 aliphatic heterocycles. The van der Waals surface area contributed by atoms with E-state index in [2.05, 4.69) is 11.7 Å². The van der Waals surface area contributed by atoms with Gasteiger partial charge in [0.05, 0.1) is 0 Å². The molecule has 3 N–H and O–H groups in total. The average molecular weight is 259 g/mol. The van der Waals surface area contributed by atoms with Crippen molar-refractivity contribution in [2.75, 3.05) is 0 Å². The molecule has 1 amide bonds. The normalized spacial score (nSPS) is 18.6. The molecular formula is C6H13NO4S3. The molecule has 0 rings (SSSR count). The highest BCUT2D eigenvalue weighted by Crippen LogP contribution is 2.41. The molecule has 0 aromatic carbocycles. The molecule has 0 radical (unpaired) electrons. The van der Waals surface area contributed by atoms with Crippen molar-refractivity contribution in [2.45, 2.75) is 24.3 Å². The van der Waals surface area contributed by atoms with Crippen molar-refractivity contribution in [1.82, 2.24) is 0 Å². The van der Waals surface area contributed by atoms with E-state index in [4.69, 9.17) is 10.3 Å². The van der Waals surface area contributed by atoms with Crippen molar-refractivity contribution < 1.29 is 17.8 Å². The molecule has 2 unspecified atom stereocenters. The number of primary amides is 1. The first-order valence-electron chi connectivity index (χ1n) is 3.73. The lowest BCUT2D eigenvalue weighted by molar-refractivity contribution is -0.118. The van der Waals surface area contributed by atoms with Gasteiger partial charge in [-0.3, -0.25) is 9.35 Å². The van der Waals surface area contributed by atoms with E-state index in [1.54, 1.807) is 0 Å². The predicted molar refractivity (Wildman–Crippen MR) is 59.5 cm³/mol. The lowest BCUT2D eigenvalue weighted by Crippen LogP contribution is -2.39. The molecule has 0 saturated heterocycles. The third kappa shape index (κ3) is 3.04. The van der Waals surface area contributed by atoms with Gasteiger partial charge in [0, 0.05) is 6.42 Å². The van der Waals surface area contributed by atoms with Crippen molar-refractivity contribution in [3.8, 4) is 0 Å². The molecule has 0 saturated carbocycles. The lowest BCUT2D eigenvalue weighted by atomic mass is 10.0. The van der Waals surface area contributed by atoms with Gasteiger partial charge in [-0.1, -0.05) is 17.7 Å². The van der Waals surface area contributed by atoms with E-state index < -0.39 is 26.0 Å². The van der Waals surface area contributed by atoms with Crippen LogP contribution in [0.2, 0.25) is 0 Å². The fourth-order valence-electron chi connectivity index (χ4n) is 0.878. The number of thiol groups is 1. The minimum absolute atomic E-state index is 0.121. The van der Waals surface area contributed by atoms with Crippen LogP contribution >= 0.6 is 22.5 Å². The largest absolute Gasteiger partial charge is 0.370 e. The second-order valence-electron chi connectivity index (χ2n) is 3.15. The SMILES string of the molecule is CC(CC(N)=O)C(C)(SS)S(=O)(=O)O. The van der Waals surface area contributed by atoms with Crippen molar-refractivity contribution in [3.63, 3.8) is 0 Å². The molecule has 5 nitrogen and oxygen atoms in total. The first kappa shape index (κ1) is 14.1. The molecule has 84 valence electrons. The van der Waals surface area contributed by atoms with Crippen molar-refractivity contribution in [3.05, 3.63) is 0 Å². The van der Waals surface area contributed by atoms with Gasteiger partial charge < -0.3 is 5.73 Å². The maximum absolute atomic E-state index is 11.0. The Bertz CT molecular complexity index is 315. The molecule has 0 aromatic heterocycles. The fourth-order valence-corrected chi connectivity index (χ4v) is 3.50. The van der Waals surface area contributed by atoms with Gasteiger partial charge in [0.15, 0.2) is 4.08 Å². The van der Waals surface area contributed by atoms with E-state index in [1.165, 1.54) is 13.8 Å². The van der Waals surface area contributed by atoms with Crippen LogP contribution in [0.4, 0.5) is 0 Å².